The summed E-state index contributed by atoms with van der Waals surface area (Å²) in [5.74, 6) is -0.727. The van der Waals surface area contributed by atoms with Gasteiger partial charge in [0.15, 0.2) is 0 Å². The highest BCUT2D eigenvalue weighted by Crippen LogP contribution is 2.21. The van der Waals surface area contributed by atoms with E-state index in [9.17, 15) is 9.59 Å². The highest BCUT2D eigenvalue weighted by Gasteiger charge is 2.22. The zero-order valence-electron chi connectivity index (χ0n) is 15.1. The molecule has 0 aromatic heterocycles. The average molecular weight is 376 g/mol. The number of halogens is 1. The van der Waals surface area contributed by atoms with Crippen molar-refractivity contribution in [2.45, 2.75) is 26.3 Å². The molecule has 0 saturated heterocycles. The van der Waals surface area contributed by atoms with Gasteiger partial charge in [-0.05, 0) is 30.2 Å². The molecular weight excluding hydrogens is 350 g/mol. The monoisotopic (exact) mass is 375 g/mol. The van der Waals surface area contributed by atoms with Crippen LogP contribution >= 0.6 is 12.4 Å². The van der Waals surface area contributed by atoms with Crippen molar-refractivity contribution >= 4 is 29.9 Å². The fourth-order valence-corrected chi connectivity index (χ4v) is 2.46. The number of benzene rings is 2. The van der Waals surface area contributed by atoms with Crippen molar-refractivity contribution in [3.63, 3.8) is 0 Å². The van der Waals surface area contributed by atoms with Gasteiger partial charge in [-0.1, -0.05) is 50.2 Å². The molecule has 5 nitrogen and oxygen atoms in total. The van der Waals surface area contributed by atoms with Crippen LogP contribution in [0.3, 0.4) is 0 Å². The zero-order chi connectivity index (χ0) is 18.2. The number of amides is 2. The number of hydrogen-bond donors (Lipinski definition) is 3. The summed E-state index contributed by atoms with van der Waals surface area (Å²) in [7, 11) is 0. The van der Waals surface area contributed by atoms with Crippen LogP contribution < -0.4 is 16.4 Å². The molecule has 26 heavy (non-hydrogen) atoms. The number of nitrogens with two attached hydrogens (primary N) is 1. The van der Waals surface area contributed by atoms with E-state index in [-0.39, 0.29) is 24.2 Å². The van der Waals surface area contributed by atoms with E-state index in [0.29, 0.717) is 17.8 Å². The molecule has 0 radical (unpaired) electrons. The number of rotatable bonds is 7. The third kappa shape index (κ3) is 5.86. The lowest BCUT2D eigenvalue weighted by Gasteiger charge is -2.20. The summed E-state index contributed by atoms with van der Waals surface area (Å²) in [5.41, 5.74) is 8.22. The normalized spacial score (nSPS) is 12.4. The Morgan fingerprint density at radius 3 is 2.42 bits per heavy atom. The van der Waals surface area contributed by atoms with Crippen molar-refractivity contribution in [3.05, 3.63) is 65.7 Å². The zero-order valence-corrected chi connectivity index (χ0v) is 15.9. The Balaban J connectivity index is 0.00000338. The van der Waals surface area contributed by atoms with Gasteiger partial charge in [0, 0.05) is 23.8 Å². The van der Waals surface area contributed by atoms with Gasteiger partial charge < -0.3 is 16.4 Å². The highest BCUT2D eigenvalue weighted by atomic mass is 35.5. The molecule has 2 atom stereocenters. The molecule has 0 spiro atoms. The Kier molecular flexibility index (Phi) is 8.82. The van der Waals surface area contributed by atoms with Crippen molar-refractivity contribution in [1.82, 2.24) is 5.32 Å². The Morgan fingerprint density at radius 2 is 1.77 bits per heavy atom. The fraction of sp³-hybridized carbons (Fsp3) is 0.300. The first-order chi connectivity index (χ1) is 12.0. The standard InChI is InChI=1S/C20H25N3O2.ClH/c1-3-12-22-20(25)16-10-7-11-17(13-16)23-19(24)14(2)18(21)15-8-5-4-6-9-15;/h4-11,13-14,18H,3,12,21H2,1-2H3,(H,22,25)(H,23,24);1H. The van der Waals surface area contributed by atoms with Gasteiger partial charge in [0.2, 0.25) is 5.91 Å². The van der Waals surface area contributed by atoms with Gasteiger partial charge in [0.25, 0.3) is 5.91 Å². The second-order valence-corrected chi connectivity index (χ2v) is 6.05. The maximum Gasteiger partial charge on any atom is 0.251 e. The van der Waals surface area contributed by atoms with Gasteiger partial charge >= 0.3 is 0 Å². The predicted octanol–water partition coefficient (Wildman–Crippen LogP) is 3.52. The van der Waals surface area contributed by atoms with Crippen molar-refractivity contribution in [3.8, 4) is 0 Å². The first-order valence-electron chi connectivity index (χ1n) is 8.52. The van der Waals surface area contributed by atoms with Crippen LogP contribution in [0.25, 0.3) is 0 Å². The van der Waals surface area contributed by atoms with E-state index in [2.05, 4.69) is 10.6 Å². The maximum absolute atomic E-state index is 12.5. The second-order valence-electron chi connectivity index (χ2n) is 6.05. The summed E-state index contributed by atoms with van der Waals surface area (Å²) >= 11 is 0. The summed E-state index contributed by atoms with van der Waals surface area (Å²) in [4.78, 5) is 24.5. The van der Waals surface area contributed by atoms with E-state index in [4.69, 9.17) is 5.73 Å². The molecule has 0 heterocycles. The van der Waals surface area contributed by atoms with Gasteiger partial charge in [-0.15, -0.1) is 12.4 Å². The minimum atomic E-state index is -0.403. The number of hydrogen-bond acceptors (Lipinski definition) is 3. The maximum atomic E-state index is 12.5. The van der Waals surface area contributed by atoms with Crippen molar-refractivity contribution in [2.24, 2.45) is 11.7 Å². The average Bonchev–Trinajstić information content (AvgIpc) is 2.65. The van der Waals surface area contributed by atoms with Gasteiger partial charge in [-0.25, -0.2) is 0 Å². The molecule has 4 N–H and O–H groups in total. The Morgan fingerprint density at radius 1 is 1.08 bits per heavy atom. The van der Waals surface area contributed by atoms with Crippen LogP contribution in [0.15, 0.2) is 54.6 Å². The van der Waals surface area contributed by atoms with E-state index >= 15 is 0 Å². The topological polar surface area (TPSA) is 84.2 Å². The van der Waals surface area contributed by atoms with Crippen LogP contribution in [0.1, 0.15) is 42.2 Å². The first kappa shape index (κ1) is 21.7. The molecule has 0 bridgehead atoms. The third-order valence-electron chi connectivity index (χ3n) is 4.06. The van der Waals surface area contributed by atoms with E-state index in [1.807, 2.05) is 37.3 Å². The predicted molar refractivity (Wildman–Crippen MR) is 107 cm³/mol. The van der Waals surface area contributed by atoms with Crippen molar-refractivity contribution < 1.29 is 9.59 Å². The quantitative estimate of drug-likeness (QED) is 0.692. The van der Waals surface area contributed by atoms with Crippen LogP contribution in [0, 0.1) is 5.92 Å². The highest BCUT2D eigenvalue weighted by molar-refractivity contribution is 5.97. The number of carbonyl (C=O) groups is 2. The number of nitrogens with one attached hydrogen (secondary N) is 2. The van der Waals surface area contributed by atoms with E-state index in [1.54, 1.807) is 31.2 Å². The molecule has 2 unspecified atom stereocenters. The molecule has 2 rings (SSSR count). The molecule has 0 aliphatic rings. The minimum absolute atomic E-state index is 0. The molecule has 140 valence electrons. The lowest BCUT2D eigenvalue weighted by molar-refractivity contribution is -0.120. The summed E-state index contributed by atoms with van der Waals surface area (Å²) in [6.07, 6.45) is 0.872. The van der Waals surface area contributed by atoms with E-state index in [1.165, 1.54) is 0 Å². The second kappa shape index (κ2) is 10.6. The van der Waals surface area contributed by atoms with Crippen LogP contribution in [0.4, 0.5) is 5.69 Å². The molecule has 2 amide bonds. The molecule has 0 fully saturated rings. The molecule has 0 aliphatic heterocycles. The Labute approximate surface area is 160 Å². The lowest BCUT2D eigenvalue weighted by Crippen LogP contribution is -2.30. The summed E-state index contributed by atoms with van der Waals surface area (Å²) in [5, 5.41) is 5.66. The van der Waals surface area contributed by atoms with E-state index < -0.39 is 12.0 Å². The SMILES string of the molecule is CCCNC(=O)c1cccc(NC(=O)C(C)C(N)c2ccccc2)c1.Cl. The summed E-state index contributed by atoms with van der Waals surface area (Å²) < 4.78 is 0. The molecular formula is C20H26ClN3O2. The van der Waals surface area contributed by atoms with Gasteiger partial charge in [-0.3, -0.25) is 9.59 Å². The first-order valence-corrected chi connectivity index (χ1v) is 8.52. The molecule has 0 saturated carbocycles. The minimum Gasteiger partial charge on any atom is -0.352 e. The smallest absolute Gasteiger partial charge is 0.251 e. The van der Waals surface area contributed by atoms with Crippen LogP contribution in [0.5, 0.6) is 0 Å². The van der Waals surface area contributed by atoms with Crippen LogP contribution in [-0.4, -0.2) is 18.4 Å². The summed E-state index contributed by atoms with van der Waals surface area (Å²) in [6.45, 7) is 4.41. The lowest BCUT2D eigenvalue weighted by atomic mass is 9.94. The molecule has 6 heteroatoms. The van der Waals surface area contributed by atoms with Gasteiger partial charge in [0.05, 0.1) is 5.92 Å². The Hall–Kier alpha value is -2.37. The van der Waals surface area contributed by atoms with Crippen LogP contribution in [-0.2, 0) is 4.79 Å². The number of anilines is 1. The van der Waals surface area contributed by atoms with Gasteiger partial charge in [0.1, 0.15) is 0 Å². The van der Waals surface area contributed by atoms with E-state index in [0.717, 1.165) is 12.0 Å². The molecule has 0 aliphatic carbocycles. The van der Waals surface area contributed by atoms with Crippen LogP contribution in [0.2, 0.25) is 0 Å². The van der Waals surface area contributed by atoms with Crippen molar-refractivity contribution in [2.75, 3.05) is 11.9 Å². The Bertz CT molecular complexity index is 722. The number of carbonyl (C=O) groups excluding carboxylic acids is 2. The third-order valence-corrected chi connectivity index (χ3v) is 4.06. The molecule has 2 aromatic carbocycles. The largest absolute Gasteiger partial charge is 0.352 e. The fourth-order valence-electron chi connectivity index (χ4n) is 2.46. The van der Waals surface area contributed by atoms with Crippen molar-refractivity contribution in [1.29, 1.82) is 0 Å². The van der Waals surface area contributed by atoms with Gasteiger partial charge in [-0.2, -0.15) is 0 Å². The molecule has 2 aromatic rings. The summed E-state index contributed by atoms with van der Waals surface area (Å²) in [6, 6.07) is 16.0.